The van der Waals surface area contributed by atoms with Crippen LogP contribution < -0.4 is 0 Å². The van der Waals surface area contributed by atoms with Crippen LogP contribution in [0.15, 0.2) is 211 Å². The molecule has 0 spiro atoms. The van der Waals surface area contributed by atoms with Crippen molar-refractivity contribution in [3.8, 4) is 62.1 Å². The number of thiophene rings is 1. The van der Waals surface area contributed by atoms with Crippen molar-refractivity contribution in [1.82, 2.24) is 19.5 Å². The highest BCUT2D eigenvalue weighted by atomic mass is 32.1. The van der Waals surface area contributed by atoms with Gasteiger partial charge < -0.3 is 8.98 Å². The summed E-state index contributed by atoms with van der Waals surface area (Å²) in [4.78, 5) is 15.5. The first-order valence-electron chi connectivity index (χ1n) is 21.1. The summed E-state index contributed by atoms with van der Waals surface area (Å²) in [6.07, 6.45) is 0. The van der Waals surface area contributed by atoms with E-state index in [-0.39, 0.29) is 0 Å². The third kappa shape index (κ3) is 5.73. The molecule has 4 heterocycles. The number of hydrogen-bond donors (Lipinski definition) is 0. The van der Waals surface area contributed by atoms with Gasteiger partial charge in [-0.05, 0) is 76.9 Å². The number of benzene rings is 9. The van der Waals surface area contributed by atoms with Gasteiger partial charge in [-0.15, -0.1) is 11.3 Å². The highest BCUT2D eigenvalue weighted by molar-refractivity contribution is 7.26. The van der Waals surface area contributed by atoms with E-state index in [1.165, 1.54) is 15.5 Å². The number of rotatable bonds is 6. The van der Waals surface area contributed by atoms with Crippen LogP contribution in [0.25, 0.3) is 126 Å². The summed E-state index contributed by atoms with van der Waals surface area (Å²) in [5.74, 6) is 1.92. The molecule has 0 saturated heterocycles. The van der Waals surface area contributed by atoms with Gasteiger partial charge in [-0.3, -0.25) is 0 Å². The smallest absolute Gasteiger partial charge is 0.165 e. The lowest BCUT2D eigenvalue weighted by atomic mass is 9.92. The summed E-state index contributed by atoms with van der Waals surface area (Å²) in [5.41, 5.74) is 12.4. The van der Waals surface area contributed by atoms with Gasteiger partial charge in [-0.25, -0.2) is 15.0 Å². The molecule has 13 rings (SSSR count). The minimum absolute atomic E-state index is 0.640. The molecule has 0 fully saturated rings. The highest BCUT2D eigenvalue weighted by Crippen LogP contribution is 2.46. The molecule has 0 unspecified atom stereocenters. The highest BCUT2D eigenvalue weighted by Gasteiger charge is 2.22. The Kier molecular flexibility index (Phi) is 8.01. The lowest BCUT2D eigenvalue weighted by Gasteiger charge is -2.14. The first-order valence-corrected chi connectivity index (χ1v) is 21.9. The number of aromatic nitrogens is 4. The van der Waals surface area contributed by atoms with E-state index in [0.717, 1.165) is 93.1 Å². The zero-order chi connectivity index (χ0) is 41.4. The maximum atomic E-state index is 6.66. The Balaban J connectivity index is 1.05. The van der Waals surface area contributed by atoms with Crippen LogP contribution in [0.2, 0.25) is 0 Å². The molecule has 0 radical (unpaired) electrons. The molecule has 13 aromatic rings. The van der Waals surface area contributed by atoms with Gasteiger partial charge in [0, 0.05) is 58.7 Å². The number of para-hydroxylation sites is 2. The zero-order valence-corrected chi connectivity index (χ0v) is 34.6. The van der Waals surface area contributed by atoms with Crippen molar-refractivity contribution in [2.45, 2.75) is 0 Å². The van der Waals surface area contributed by atoms with E-state index >= 15 is 0 Å². The van der Waals surface area contributed by atoms with E-state index in [2.05, 4.69) is 168 Å². The first-order chi connectivity index (χ1) is 31.2. The van der Waals surface area contributed by atoms with Gasteiger partial charge in [-0.1, -0.05) is 152 Å². The van der Waals surface area contributed by atoms with Crippen LogP contribution in [0.4, 0.5) is 0 Å². The van der Waals surface area contributed by atoms with Crippen LogP contribution in [0.1, 0.15) is 0 Å². The SMILES string of the molecule is c1ccc(-c2nc(-c3ccccc3)nc(-c3cc(-c4ccccc4-c4ccc5c6c7oc8ccccc8c7ccc6n(-c6ccccc6)c5c4)cc4c3sc3ccccc34)n2)cc1. The van der Waals surface area contributed by atoms with Gasteiger partial charge >= 0.3 is 0 Å². The molecule has 0 aliphatic carbocycles. The van der Waals surface area contributed by atoms with Crippen molar-refractivity contribution >= 4 is 75.3 Å². The van der Waals surface area contributed by atoms with E-state index < -0.39 is 0 Å². The zero-order valence-electron chi connectivity index (χ0n) is 33.7. The van der Waals surface area contributed by atoms with E-state index in [4.69, 9.17) is 19.4 Å². The molecule has 0 amide bonds. The third-order valence-electron chi connectivity index (χ3n) is 12.3. The predicted molar refractivity (Wildman–Crippen MR) is 262 cm³/mol. The molecule has 4 aromatic heterocycles. The molecule has 0 aliphatic heterocycles. The van der Waals surface area contributed by atoms with Crippen molar-refractivity contribution in [2.75, 3.05) is 0 Å². The monoisotopic (exact) mass is 822 g/mol. The Bertz CT molecular complexity index is 3850. The number of nitrogens with zero attached hydrogens (tertiary/aromatic N) is 4. The van der Waals surface area contributed by atoms with Crippen LogP contribution in [0, 0.1) is 0 Å². The molecule has 63 heavy (non-hydrogen) atoms. The Morgan fingerprint density at radius 3 is 1.73 bits per heavy atom. The van der Waals surface area contributed by atoms with Gasteiger partial charge in [0.1, 0.15) is 11.2 Å². The summed E-state index contributed by atoms with van der Waals surface area (Å²) < 4.78 is 11.4. The summed E-state index contributed by atoms with van der Waals surface area (Å²) in [6, 6.07) is 72.7. The minimum atomic E-state index is 0.640. The number of fused-ring (bicyclic) bond motifs is 10. The summed E-state index contributed by atoms with van der Waals surface area (Å²) in [7, 11) is 0. The fourth-order valence-corrected chi connectivity index (χ4v) is 10.6. The minimum Gasteiger partial charge on any atom is -0.455 e. The molecule has 294 valence electrons. The number of hydrogen-bond acceptors (Lipinski definition) is 5. The van der Waals surface area contributed by atoms with Crippen LogP contribution in [-0.2, 0) is 0 Å². The summed E-state index contributed by atoms with van der Waals surface area (Å²) >= 11 is 1.78. The quantitative estimate of drug-likeness (QED) is 0.168. The molecular weight excluding hydrogens is 789 g/mol. The third-order valence-corrected chi connectivity index (χ3v) is 13.5. The second kappa shape index (κ2) is 14.2. The standard InChI is InChI=1S/C57H34N4OS/c1-4-16-35(17-5-1)55-58-56(36-18-6-2-7-19-36)60-57(59-55)47-33-38(32-46-43-25-13-15-27-51(43)63-54(46)47)41-23-11-10-22-40(41)37-28-29-45-49(34-37)61(39-20-8-3-9-21-39)48-31-30-44-42-24-12-14-26-50(42)62-53(44)52(45)48/h1-34H. The van der Waals surface area contributed by atoms with Gasteiger partial charge in [0.25, 0.3) is 0 Å². The Morgan fingerprint density at radius 1 is 0.381 bits per heavy atom. The van der Waals surface area contributed by atoms with Crippen LogP contribution in [0.5, 0.6) is 0 Å². The Hall–Kier alpha value is -8.19. The fourth-order valence-electron chi connectivity index (χ4n) is 9.37. The summed E-state index contributed by atoms with van der Waals surface area (Å²) in [5, 5.41) is 6.90. The van der Waals surface area contributed by atoms with Crippen LogP contribution in [0.3, 0.4) is 0 Å². The molecule has 0 N–H and O–H groups in total. The molecule has 0 saturated carbocycles. The van der Waals surface area contributed by atoms with Gasteiger partial charge in [0.15, 0.2) is 17.5 Å². The van der Waals surface area contributed by atoms with Crippen LogP contribution >= 0.6 is 11.3 Å². The molecule has 0 atom stereocenters. The molecule has 0 aliphatic rings. The maximum Gasteiger partial charge on any atom is 0.165 e. The fraction of sp³-hybridized carbons (Fsp3) is 0. The van der Waals surface area contributed by atoms with Gasteiger partial charge in [0.2, 0.25) is 0 Å². The lowest BCUT2D eigenvalue weighted by molar-refractivity contribution is 0.673. The van der Waals surface area contributed by atoms with E-state index in [9.17, 15) is 0 Å². The maximum absolute atomic E-state index is 6.66. The average Bonchev–Trinajstić information content (AvgIpc) is 4.04. The largest absolute Gasteiger partial charge is 0.455 e. The van der Waals surface area contributed by atoms with Gasteiger partial charge in [0.05, 0.1) is 16.4 Å². The van der Waals surface area contributed by atoms with Crippen molar-refractivity contribution in [3.05, 3.63) is 206 Å². The lowest BCUT2D eigenvalue weighted by Crippen LogP contribution is -2.00. The molecule has 0 bridgehead atoms. The first kappa shape index (κ1) is 35.6. The van der Waals surface area contributed by atoms with Crippen molar-refractivity contribution in [3.63, 3.8) is 0 Å². The second-order valence-electron chi connectivity index (χ2n) is 15.9. The van der Waals surface area contributed by atoms with Gasteiger partial charge in [-0.2, -0.15) is 0 Å². The molecule has 6 heteroatoms. The summed E-state index contributed by atoms with van der Waals surface area (Å²) in [6.45, 7) is 0. The number of furan rings is 1. The van der Waals surface area contributed by atoms with E-state index in [1.807, 2.05) is 42.5 Å². The molecular formula is C57H34N4OS. The normalized spacial score (nSPS) is 11.8. The van der Waals surface area contributed by atoms with Crippen molar-refractivity contribution in [1.29, 1.82) is 0 Å². The van der Waals surface area contributed by atoms with E-state index in [1.54, 1.807) is 11.3 Å². The Labute approximate surface area is 365 Å². The Morgan fingerprint density at radius 2 is 0.984 bits per heavy atom. The molecule has 5 nitrogen and oxygen atoms in total. The molecule has 9 aromatic carbocycles. The topological polar surface area (TPSA) is 56.7 Å². The average molecular weight is 823 g/mol. The van der Waals surface area contributed by atoms with Crippen LogP contribution in [-0.4, -0.2) is 19.5 Å². The van der Waals surface area contributed by atoms with E-state index in [0.29, 0.717) is 17.5 Å². The second-order valence-corrected chi connectivity index (χ2v) is 17.0. The van der Waals surface area contributed by atoms with Crippen molar-refractivity contribution < 1.29 is 4.42 Å². The van der Waals surface area contributed by atoms with Crippen molar-refractivity contribution in [2.24, 2.45) is 0 Å². The predicted octanol–water partition coefficient (Wildman–Crippen LogP) is 15.6.